The summed E-state index contributed by atoms with van der Waals surface area (Å²) in [6.07, 6.45) is 0. The highest BCUT2D eigenvalue weighted by Crippen LogP contribution is 2.28. The average molecular weight is 250 g/mol. The van der Waals surface area contributed by atoms with Gasteiger partial charge < -0.3 is 9.84 Å². The fraction of sp³-hybridized carbons (Fsp3) is 0.143. The minimum Gasteiger partial charge on any atom is -0.454 e. The lowest BCUT2D eigenvalue weighted by atomic mass is 10.1. The second kappa shape index (κ2) is 5.14. The van der Waals surface area contributed by atoms with Crippen molar-refractivity contribution in [2.75, 3.05) is 0 Å². The molecule has 18 heavy (non-hydrogen) atoms. The molecule has 0 spiro atoms. The summed E-state index contributed by atoms with van der Waals surface area (Å²) < 4.78 is 31.8. The van der Waals surface area contributed by atoms with E-state index < -0.39 is 11.6 Å². The third-order valence-electron chi connectivity index (χ3n) is 2.56. The highest BCUT2D eigenvalue weighted by Gasteiger charge is 2.10. The molecule has 2 rings (SSSR count). The normalized spacial score (nSPS) is 10.4. The summed E-state index contributed by atoms with van der Waals surface area (Å²) >= 11 is 0. The first-order chi connectivity index (χ1) is 8.61. The molecule has 0 fully saturated rings. The summed E-state index contributed by atoms with van der Waals surface area (Å²) in [4.78, 5) is 0. The van der Waals surface area contributed by atoms with Gasteiger partial charge in [-0.2, -0.15) is 4.39 Å². The maximum Gasteiger partial charge on any atom is 0.201 e. The molecule has 0 heterocycles. The zero-order valence-electron chi connectivity index (χ0n) is 9.78. The average Bonchev–Trinajstić information content (AvgIpc) is 2.37. The van der Waals surface area contributed by atoms with Gasteiger partial charge in [0.25, 0.3) is 0 Å². The molecule has 2 nitrogen and oxygen atoms in total. The van der Waals surface area contributed by atoms with Gasteiger partial charge in [-0.1, -0.05) is 18.2 Å². The molecule has 1 N–H and O–H groups in total. The Bertz CT molecular complexity index is 568. The third-order valence-corrected chi connectivity index (χ3v) is 2.56. The second-order valence-corrected chi connectivity index (χ2v) is 3.91. The van der Waals surface area contributed by atoms with Crippen molar-refractivity contribution in [3.05, 3.63) is 59.2 Å². The number of hydrogen-bond donors (Lipinski definition) is 1. The number of benzene rings is 2. The number of aliphatic hydroxyl groups is 1. The molecule has 0 aromatic heterocycles. The predicted molar refractivity (Wildman–Crippen MR) is 63.5 cm³/mol. The Morgan fingerprint density at radius 3 is 2.56 bits per heavy atom. The van der Waals surface area contributed by atoms with Crippen LogP contribution in [0.2, 0.25) is 0 Å². The summed E-state index contributed by atoms with van der Waals surface area (Å²) in [7, 11) is 0. The lowest BCUT2D eigenvalue weighted by Crippen LogP contribution is -1.94. The number of aryl methyl sites for hydroxylation is 1. The molecule has 0 atom stereocenters. The third kappa shape index (κ3) is 2.49. The molecule has 0 amide bonds. The van der Waals surface area contributed by atoms with Gasteiger partial charge in [-0.15, -0.1) is 0 Å². The van der Waals surface area contributed by atoms with Gasteiger partial charge in [0.15, 0.2) is 11.6 Å². The molecule has 0 aliphatic carbocycles. The predicted octanol–water partition coefficient (Wildman–Crippen LogP) is 3.56. The number of halogens is 2. The minimum absolute atomic E-state index is 0.0740. The zero-order chi connectivity index (χ0) is 13.1. The first kappa shape index (κ1) is 12.5. The van der Waals surface area contributed by atoms with Gasteiger partial charge in [0.1, 0.15) is 5.75 Å². The van der Waals surface area contributed by atoms with E-state index in [9.17, 15) is 8.78 Å². The first-order valence-corrected chi connectivity index (χ1v) is 5.44. The molecule has 0 saturated carbocycles. The van der Waals surface area contributed by atoms with E-state index in [0.717, 1.165) is 17.2 Å². The molecule has 94 valence electrons. The molecule has 2 aromatic carbocycles. The Kier molecular flexibility index (Phi) is 3.58. The van der Waals surface area contributed by atoms with Crippen LogP contribution in [0.15, 0.2) is 36.4 Å². The van der Waals surface area contributed by atoms with Crippen molar-refractivity contribution in [1.29, 1.82) is 0 Å². The van der Waals surface area contributed by atoms with Gasteiger partial charge in [-0.05, 0) is 36.2 Å². The molecule has 0 unspecified atom stereocenters. The monoisotopic (exact) mass is 250 g/mol. The zero-order valence-corrected chi connectivity index (χ0v) is 9.78. The molecule has 0 radical (unpaired) electrons. The van der Waals surface area contributed by atoms with Gasteiger partial charge >= 0.3 is 0 Å². The van der Waals surface area contributed by atoms with E-state index in [4.69, 9.17) is 9.84 Å². The largest absolute Gasteiger partial charge is 0.454 e. The smallest absolute Gasteiger partial charge is 0.201 e. The highest BCUT2D eigenvalue weighted by molar-refractivity contribution is 5.40. The van der Waals surface area contributed by atoms with Gasteiger partial charge in [-0.3, -0.25) is 0 Å². The summed E-state index contributed by atoms with van der Waals surface area (Å²) in [5.74, 6) is -1.69. The lowest BCUT2D eigenvalue weighted by molar-refractivity contribution is 0.281. The van der Waals surface area contributed by atoms with E-state index >= 15 is 0 Å². The number of hydrogen-bond acceptors (Lipinski definition) is 2. The second-order valence-electron chi connectivity index (χ2n) is 3.91. The Balaban J connectivity index is 2.31. The van der Waals surface area contributed by atoms with Crippen molar-refractivity contribution in [3.8, 4) is 11.5 Å². The van der Waals surface area contributed by atoms with E-state index in [2.05, 4.69) is 0 Å². The van der Waals surface area contributed by atoms with Crippen molar-refractivity contribution < 1.29 is 18.6 Å². The van der Waals surface area contributed by atoms with E-state index in [1.54, 1.807) is 25.1 Å². The fourth-order valence-electron chi connectivity index (χ4n) is 1.61. The van der Waals surface area contributed by atoms with E-state index in [1.165, 1.54) is 12.1 Å². The number of aliphatic hydroxyl groups excluding tert-OH is 1. The molecular formula is C14H12F2O2. The van der Waals surface area contributed by atoms with Crippen LogP contribution in [0.5, 0.6) is 11.5 Å². The Morgan fingerprint density at radius 2 is 1.89 bits per heavy atom. The summed E-state index contributed by atoms with van der Waals surface area (Å²) in [5.41, 5.74) is 1.48. The van der Waals surface area contributed by atoms with Crippen molar-refractivity contribution >= 4 is 0 Å². The van der Waals surface area contributed by atoms with Crippen LogP contribution in [0.25, 0.3) is 0 Å². The van der Waals surface area contributed by atoms with Crippen LogP contribution < -0.4 is 4.74 Å². The number of ether oxygens (including phenoxy) is 1. The van der Waals surface area contributed by atoms with Crippen LogP contribution in [0.4, 0.5) is 8.78 Å². The first-order valence-electron chi connectivity index (χ1n) is 5.44. The molecular weight excluding hydrogens is 238 g/mol. The molecule has 2 aromatic rings. The van der Waals surface area contributed by atoms with Crippen molar-refractivity contribution in [2.45, 2.75) is 13.5 Å². The lowest BCUT2D eigenvalue weighted by Gasteiger charge is -2.10. The Morgan fingerprint density at radius 1 is 1.11 bits per heavy atom. The van der Waals surface area contributed by atoms with Gasteiger partial charge in [0.05, 0.1) is 6.61 Å². The van der Waals surface area contributed by atoms with Gasteiger partial charge in [-0.25, -0.2) is 4.39 Å². The molecule has 0 bridgehead atoms. The SMILES string of the molecule is Cc1cc(CO)ccc1Oc1cccc(F)c1F. The maximum atomic E-state index is 13.4. The Hall–Kier alpha value is -1.94. The van der Waals surface area contributed by atoms with Crippen LogP contribution in [0, 0.1) is 18.6 Å². The topological polar surface area (TPSA) is 29.5 Å². The van der Waals surface area contributed by atoms with Gasteiger partial charge in [0, 0.05) is 0 Å². The standard InChI is InChI=1S/C14H12F2O2/c1-9-7-10(8-17)5-6-12(9)18-13-4-2-3-11(15)14(13)16/h2-7,17H,8H2,1H3. The van der Waals surface area contributed by atoms with E-state index in [-0.39, 0.29) is 12.4 Å². The quantitative estimate of drug-likeness (QED) is 0.902. The summed E-state index contributed by atoms with van der Waals surface area (Å²) in [6, 6.07) is 8.78. The maximum absolute atomic E-state index is 13.4. The minimum atomic E-state index is -1.01. The van der Waals surface area contributed by atoms with Crippen LogP contribution >= 0.6 is 0 Å². The summed E-state index contributed by atoms with van der Waals surface area (Å²) in [6.45, 7) is 1.70. The van der Waals surface area contributed by atoms with Crippen LogP contribution in [0.3, 0.4) is 0 Å². The van der Waals surface area contributed by atoms with Crippen LogP contribution in [-0.2, 0) is 6.61 Å². The van der Waals surface area contributed by atoms with Crippen molar-refractivity contribution in [1.82, 2.24) is 0 Å². The van der Waals surface area contributed by atoms with Crippen molar-refractivity contribution in [3.63, 3.8) is 0 Å². The van der Waals surface area contributed by atoms with Gasteiger partial charge in [0.2, 0.25) is 5.82 Å². The van der Waals surface area contributed by atoms with Crippen LogP contribution in [-0.4, -0.2) is 5.11 Å². The Labute approximate surface area is 103 Å². The number of rotatable bonds is 3. The molecule has 4 heteroatoms. The highest BCUT2D eigenvalue weighted by atomic mass is 19.2. The van der Waals surface area contributed by atoms with E-state index in [1.807, 2.05) is 0 Å². The molecule has 0 aliphatic heterocycles. The molecule has 0 aliphatic rings. The summed E-state index contributed by atoms with van der Waals surface area (Å²) in [5, 5.41) is 8.97. The van der Waals surface area contributed by atoms with Crippen LogP contribution in [0.1, 0.15) is 11.1 Å². The fourth-order valence-corrected chi connectivity index (χ4v) is 1.61. The molecule has 0 saturated heterocycles. The van der Waals surface area contributed by atoms with Crippen molar-refractivity contribution in [2.24, 2.45) is 0 Å². The van der Waals surface area contributed by atoms with E-state index in [0.29, 0.717) is 5.75 Å².